The molecule has 1 unspecified atom stereocenters. The van der Waals surface area contributed by atoms with E-state index in [9.17, 15) is 9.59 Å². The maximum Gasteiger partial charge on any atom is 0.304 e. The summed E-state index contributed by atoms with van der Waals surface area (Å²) in [5, 5.41) is 11.4. The second kappa shape index (κ2) is 5.84. The Hall–Kier alpha value is -1.10. The largest absolute Gasteiger partial charge is 0.481 e. The number of carbonyl (C=O) groups is 2. The molecule has 1 amide bonds. The molecule has 0 radical (unpaired) electrons. The summed E-state index contributed by atoms with van der Waals surface area (Å²) in [6.07, 6.45) is 0.0453. The van der Waals surface area contributed by atoms with Crippen molar-refractivity contribution >= 4 is 11.9 Å². The van der Waals surface area contributed by atoms with Gasteiger partial charge in [-0.05, 0) is 34.7 Å². The standard InChI is InChI=1S/C11H22N2O3/c1-8(10(16)12-11(2,3)4)13(5)7-6-9(14)15/h8H,6-7H2,1-5H3,(H,12,16)(H,14,15). The Morgan fingerprint density at radius 2 is 1.88 bits per heavy atom. The van der Waals surface area contributed by atoms with Crippen LogP contribution in [-0.2, 0) is 9.59 Å². The summed E-state index contributed by atoms with van der Waals surface area (Å²) in [5.41, 5.74) is -0.265. The third kappa shape index (κ3) is 6.40. The van der Waals surface area contributed by atoms with Crippen LogP contribution in [0.2, 0.25) is 0 Å². The van der Waals surface area contributed by atoms with Crippen LogP contribution in [0, 0.1) is 0 Å². The van der Waals surface area contributed by atoms with Crippen LogP contribution in [0.4, 0.5) is 0 Å². The van der Waals surface area contributed by atoms with Crippen molar-refractivity contribution in [2.24, 2.45) is 0 Å². The van der Waals surface area contributed by atoms with Crippen LogP contribution in [0.15, 0.2) is 0 Å². The molecule has 0 aliphatic heterocycles. The van der Waals surface area contributed by atoms with Gasteiger partial charge in [-0.25, -0.2) is 0 Å². The molecule has 0 rings (SSSR count). The van der Waals surface area contributed by atoms with Crippen molar-refractivity contribution in [3.63, 3.8) is 0 Å². The van der Waals surface area contributed by atoms with E-state index < -0.39 is 5.97 Å². The van der Waals surface area contributed by atoms with Gasteiger partial charge in [0.15, 0.2) is 0 Å². The third-order valence-electron chi connectivity index (χ3n) is 2.22. The van der Waals surface area contributed by atoms with E-state index in [2.05, 4.69) is 5.32 Å². The number of likely N-dealkylation sites (N-methyl/N-ethyl adjacent to an activating group) is 1. The number of rotatable bonds is 5. The average Bonchev–Trinajstić information content (AvgIpc) is 2.10. The third-order valence-corrected chi connectivity index (χ3v) is 2.22. The molecule has 0 aromatic heterocycles. The summed E-state index contributed by atoms with van der Waals surface area (Å²) in [6.45, 7) is 7.87. The molecule has 0 saturated heterocycles. The molecular weight excluding hydrogens is 208 g/mol. The van der Waals surface area contributed by atoms with Crippen LogP contribution in [0.1, 0.15) is 34.1 Å². The molecule has 0 heterocycles. The van der Waals surface area contributed by atoms with E-state index >= 15 is 0 Å². The van der Waals surface area contributed by atoms with E-state index in [-0.39, 0.29) is 23.9 Å². The molecule has 2 N–H and O–H groups in total. The number of carboxylic acid groups (broad SMARTS) is 1. The van der Waals surface area contributed by atoms with Crippen molar-refractivity contribution in [1.29, 1.82) is 0 Å². The zero-order valence-corrected chi connectivity index (χ0v) is 10.7. The van der Waals surface area contributed by atoms with E-state index in [1.165, 1.54) is 0 Å². The molecule has 0 aliphatic carbocycles. The molecule has 0 spiro atoms. The summed E-state index contributed by atoms with van der Waals surface area (Å²) in [5.74, 6) is -0.935. The van der Waals surface area contributed by atoms with Crippen molar-refractivity contribution < 1.29 is 14.7 Å². The van der Waals surface area contributed by atoms with Gasteiger partial charge in [0.1, 0.15) is 0 Å². The maximum absolute atomic E-state index is 11.7. The topological polar surface area (TPSA) is 69.6 Å². The lowest BCUT2D eigenvalue weighted by Gasteiger charge is -2.28. The highest BCUT2D eigenvalue weighted by atomic mass is 16.4. The van der Waals surface area contributed by atoms with Crippen LogP contribution in [-0.4, -0.2) is 47.1 Å². The Morgan fingerprint density at radius 3 is 2.25 bits per heavy atom. The fraction of sp³-hybridized carbons (Fsp3) is 0.818. The first kappa shape index (κ1) is 14.9. The van der Waals surface area contributed by atoms with Gasteiger partial charge in [-0.3, -0.25) is 14.5 Å². The van der Waals surface area contributed by atoms with Crippen molar-refractivity contribution in [1.82, 2.24) is 10.2 Å². The molecule has 0 aliphatic rings. The number of amides is 1. The molecule has 5 heteroatoms. The minimum atomic E-state index is -0.852. The molecule has 5 nitrogen and oxygen atoms in total. The van der Waals surface area contributed by atoms with Gasteiger partial charge >= 0.3 is 5.97 Å². The van der Waals surface area contributed by atoms with Gasteiger partial charge in [-0.1, -0.05) is 0 Å². The number of hydrogen-bond donors (Lipinski definition) is 2. The summed E-state index contributed by atoms with van der Waals surface area (Å²) in [6, 6.07) is -0.321. The van der Waals surface area contributed by atoms with Crippen LogP contribution >= 0.6 is 0 Å². The molecule has 1 atom stereocenters. The predicted octanol–water partition coefficient (Wildman–Crippen LogP) is 0.696. The number of carbonyl (C=O) groups excluding carboxylic acids is 1. The highest BCUT2D eigenvalue weighted by molar-refractivity contribution is 5.82. The zero-order chi connectivity index (χ0) is 12.9. The minimum absolute atomic E-state index is 0.0453. The Labute approximate surface area is 96.8 Å². The molecule has 0 fully saturated rings. The SMILES string of the molecule is CC(C(=O)NC(C)(C)C)N(C)CCC(=O)O. The van der Waals surface area contributed by atoms with Crippen molar-refractivity contribution in [3.8, 4) is 0 Å². The predicted molar refractivity (Wildman–Crippen MR) is 62.2 cm³/mol. The van der Waals surface area contributed by atoms with Crippen molar-refractivity contribution in [2.75, 3.05) is 13.6 Å². The zero-order valence-electron chi connectivity index (χ0n) is 10.7. The van der Waals surface area contributed by atoms with Crippen LogP contribution in [0.5, 0.6) is 0 Å². The number of nitrogens with one attached hydrogen (secondary N) is 1. The highest BCUT2D eigenvalue weighted by Gasteiger charge is 2.22. The molecule has 0 saturated carbocycles. The Balaban J connectivity index is 4.16. The molecule has 0 aromatic rings. The van der Waals surface area contributed by atoms with Crippen molar-refractivity contribution in [2.45, 2.75) is 45.7 Å². The Kier molecular flexibility index (Phi) is 5.44. The highest BCUT2D eigenvalue weighted by Crippen LogP contribution is 2.03. The normalized spacial score (nSPS) is 13.6. The Morgan fingerprint density at radius 1 is 1.38 bits per heavy atom. The van der Waals surface area contributed by atoms with Gasteiger partial charge in [0, 0.05) is 12.1 Å². The quantitative estimate of drug-likeness (QED) is 0.729. The molecule has 16 heavy (non-hydrogen) atoms. The summed E-state index contributed by atoms with van der Waals surface area (Å²) in [7, 11) is 1.75. The summed E-state index contributed by atoms with van der Waals surface area (Å²) >= 11 is 0. The van der Waals surface area contributed by atoms with E-state index in [1.54, 1.807) is 18.9 Å². The smallest absolute Gasteiger partial charge is 0.304 e. The Bertz CT molecular complexity index is 258. The molecule has 0 aromatic carbocycles. The number of nitrogens with zero attached hydrogens (tertiary/aromatic N) is 1. The van der Waals surface area contributed by atoms with E-state index in [4.69, 9.17) is 5.11 Å². The lowest BCUT2D eigenvalue weighted by atomic mass is 10.1. The lowest BCUT2D eigenvalue weighted by Crippen LogP contribution is -2.50. The number of carboxylic acids is 1. The fourth-order valence-corrected chi connectivity index (χ4v) is 1.14. The van der Waals surface area contributed by atoms with Gasteiger partial charge in [-0.2, -0.15) is 0 Å². The summed E-state index contributed by atoms with van der Waals surface area (Å²) in [4.78, 5) is 23.9. The summed E-state index contributed by atoms with van der Waals surface area (Å²) < 4.78 is 0. The second-order valence-corrected chi connectivity index (χ2v) is 5.04. The van der Waals surface area contributed by atoms with E-state index in [1.807, 2.05) is 20.8 Å². The molecular formula is C11H22N2O3. The van der Waals surface area contributed by atoms with Gasteiger partial charge in [0.2, 0.25) is 5.91 Å². The van der Waals surface area contributed by atoms with E-state index in [0.717, 1.165) is 0 Å². The number of aliphatic carboxylic acids is 1. The maximum atomic E-state index is 11.7. The first-order chi connectivity index (χ1) is 7.13. The fourth-order valence-electron chi connectivity index (χ4n) is 1.14. The minimum Gasteiger partial charge on any atom is -0.481 e. The van der Waals surface area contributed by atoms with Gasteiger partial charge in [0.25, 0.3) is 0 Å². The monoisotopic (exact) mass is 230 g/mol. The molecule has 94 valence electrons. The first-order valence-electron chi connectivity index (χ1n) is 5.37. The van der Waals surface area contributed by atoms with Gasteiger partial charge < -0.3 is 10.4 Å². The first-order valence-corrected chi connectivity index (χ1v) is 5.37. The lowest BCUT2D eigenvalue weighted by molar-refractivity contribution is -0.138. The van der Waals surface area contributed by atoms with Crippen LogP contribution in [0.3, 0.4) is 0 Å². The number of hydrogen-bond acceptors (Lipinski definition) is 3. The van der Waals surface area contributed by atoms with E-state index in [0.29, 0.717) is 6.54 Å². The van der Waals surface area contributed by atoms with Crippen molar-refractivity contribution in [3.05, 3.63) is 0 Å². The average molecular weight is 230 g/mol. The van der Waals surface area contributed by atoms with Crippen LogP contribution < -0.4 is 5.32 Å². The second-order valence-electron chi connectivity index (χ2n) is 5.04. The van der Waals surface area contributed by atoms with Gasteiger partial charge in [-0.15, -0.1) is 0 Å². The molecule has 0 bridgehead atoms. The van der Waals surface area contributed by atoms with Gasteiger partial charge in [0.05, 0.1) is 12.5 Å². The van der Waals surface area contributed by atoms with Crippen LogP contribution in [0.25, 0.3) is 0 Å².